The molecule has 0 atom stereocenters. The van der Waals surface area contributed by atoms with Crippen molar-refractivity contribution in [1.82, 2.24) is 4.90 Å². The highest BCUT2D eigenvalue weighted by molar-refractivity contribution is 6.31. The number of carbonyl (C=O) groups is 2. The second-order valence-corrected chi connectivity index (χ2v) is 5.90. The molecule has 0 spiro atoms. The van der Waals surface area contributed by atoms with Gasteiger partial charge in [-0.05, 0) is 25.0 Å². The molecule has 0 aliphatic carbocycles. The zero-order chi connectivity index (χ0) is 17.4. The van der Waals surface area contributed by atoms with Crippen LogP contribution in [-0.4, -0.2) is 36.9 Å². The third-order valence-electron chi connectivity index (χ3n) is 3.57. The predicted molar refractivity (Wildman–Crippen MR) is 93.1 cm³/mol. The maximum Gasteiger partial charge on any atom is 0.244 e. The average Bonchev–Trinajstić information content (AvgIpc) is 2.49. The van der Waals surface area contributed by atoms with Crippen molar-refractivity contribution in [2.45, 2.75) is 40.0 Å². The molecule has 1 N–H and O–H groups in total. The number of unbranched alkanes of at least 4 members (excludes halogenated alkanes) is 2. The lowest BCUT2D eigenvalue weighted by atomic mass is 10.2. The van der Waals surface area contributed by atoms with Crippen molar-refractivity contribution in [3.8, 4) is 5.75 Å². The van der Waals surface area contributed by atoms with Gasteiger partial charge in [-0.3, -0.25) is 9.59 Å². The molecule has 0 saturated carbocycles. The summed E-state index contributed by atoms with van der Waals surface area (Å²) >= 11 is 6.05. The summed E-state index contributed by atoms with van der Waals surface area (Å²) in [4.78, 5) is 25.4. The van der Waals surface area contributed by atoms with Crippen LogP contribution in [0.3, 0.4) is 0 Å². The normalized spacial score (nSPS) is 10.3. The number of benzene rings is 1. The monoisotopic (exact) mass is 340 g/mol. The lowest BCUT2D eigenvalue weighted by Crippen LogP contribution is -2.37. The van der Waals surface area contributed by atoms with E-state index < -0.39 is 0 Å². The maximum atomic E-state index is 12.2. The van der Waals surface area contributed by atoms with Gasteiger partial charge in [0.1, 0.15) is 5.75 Å². The molecule has 2 amide bonds. The van der Waals surface area contributed by atoms with Gasteiger partial charge in [-0.25, -0.2) is 0 Å². The first kappa shape index (κ1) is 19.3. The Bertz CT molecular complexity index is 561. The molecule has 6 heteroatoms. The summed E-state index contributed by atoms with van der Waals surface area (Å²) in [6.07, 6.45) is 3.00. The molecule has 0 radical (unpaired) electrons. The Morgan fingerprint density at radius 1 is 1.30 bits per heavy atom. The second-order valence-electron chi connectivity index (χ2n) is 5.50. The van der Waals surface area contributed by atoms with Crippen molar-refractivity contribution in [3.63, 3.8) is 0 Å². The van der Waals surface area contributed by atoms with E-state index in [9.17, 15) is 9.59 Å². The van der Waals surface area contributed by atoms with E-state index in [1.54, 1.807) is 17.0 Å². The summed E-state index contributed by atoms with van der Waals surface area (Å²) in [7, 11) is 1.52. The molecule has 0 saturated heterocycles. The molecule has 0 aromatic heterocycles. The van der Waals surface area contributed by atoms with Crippen molar-refractivity contribution in [3.05, 3.63) is 22.7 Å². The highest BCUT2D eigenvalue weighted by Gasteiger charge is 2.15. The number of amides is 2. The number of nitrogens with one attached hydrogen (secondary N) is 1. The smallest absolute Gasteiger partial charge is 0.244 e. The van der Waals surface area contributed by atoms with Gasteiger partial charge in [0.25, 0.3) is 0 Å². The van der Waals surface area contributed by atoms with Gasteiger partial charge in [0.05, 0.1) is 19.3 Å². The van der Waals surface area contributed by atoms with E-state index in [2.05, 4.69) is 12.2 Å². The van der Waals surface area contributed by atoms with Gasteiger partial charge < -0.3 is 15.0 Å². The molecule has 23 heavy (non-hydrogen) atoms. The quantitative estimate of drug-likeness (QED) is 0.735. The minimum absolute atomic E-state index is 0.0316. The lowest BCUT2D eigenvalue weighted by molar-refractivity contribution is -0.132. The molecular weight excluding hydrogens is 316 g/mol. The topological polar surface area (TPSA) is 58.6 Å². The standard InChI is InChI=1S/C17H25ClN2O3/c1-5-6-7-8-20(13(3)21)11-17(22)19-15-9-12(2)14(18)10-16(15)23-4/h9-10H,5-8,11H2,1-4H3,(H,19,22). The number of carbonyl (C=O) groups excluding carboxylic acids is 2. The molecule has 0 aliphatic rings. The van der Waals surface area contributed by atoms with Crippen molar-refractivity contribution >= 4 is 29.1 Å². The van der Waals surface area contributed by atoms with Crippen LogP contribution in [0.25, 0.3) is 0 Å². The largest absolute Gasteiger partial charge is 0.495 e. The molecule has 0 heterocycles. The Kier molecular flexibility index (Phi) is 7.89. The first-order chi connectivity index (χ1) is 10.9. The first-order valence-electron chi connectivity index (χ1n) is 7.78. The molecule has 0 bridgehead atoms. The SMILES string of the molecule is CCCCCN(CC(=O)Nc1cc(C)c(Cl)cc1OC)C(C)=O. The molecule has 128 valence electrons. The Morgan fingerprint density at radius 2 is 2.00 bits per heavy atom. The number of hydrogen-bond donors (Lipinski definition) is 1. The molecule has 1 aromatic rings. The lowest BCUT2D eigenvalue weighted by Gasteiger charge is -2.21. The fourth-order valence-corrected chi connectivity index (χ4v) is 2.35. The van der Waals surface area contributed by atoms with E-state index in [-0.39, 0.29) is 18.4 Å². The number of ether oxygens (including phenoxy) is 1. The summed E-state index contributed by atoms with van der Waals surface area (Å²) in [6, 6.07) is 3.42. The second kappa shape index (κ2) is 9.40. The summed E-state index contributed by atoms with van der Waals surface area (Å²) in [5.41, 5.74) is 1.39. The third kappa shape index (κ3) is 6.10. The minimum Gasteiger partial charge on any atom is -0.495 e. The van der Waals surface area contributed by atoms with Crippen LogP contribution in [-0.2, 0) is 9.59 Å². The molecule has 5 nitrogen and oxygen atoms in total. The van der Waals surface area contributed by atoms with Crippen LogP contribution >= 0.6 is 11.6 Å². The zero-order valence-electron chi connectivity index (χ0n) is 14.2. The van der Waals surface area contributed by atoms with Gasteiger partial charge in [0.2, 0.25) is 11.8 Å². The van der Waals surface area contributed by atoms with Gasteiger partial charge in [0.15, 0.2) is 0 Å². The van der Waals surface area contributed by atoms with Gasteiger partial charge in [-0.2, -0.15) is 0 Å². The molecular formula is C17H25ClN2O3. The van der Waals surface area contributed by atoms with Gasteiger partial charge in [-0.1, -0.05) is 31.4 Å². The van der Waals surface area contributed by atoms with E-state index in [0.29, 0.717) is 23.0 Å². The average molecular weight is 341 g/mol. The molecule has 1 aromatic carbocycles. The van der Waals surface area contributed by atoms with Gasteiger partial charge in [-0.15, -0.1) is 0 Å². The number of rotatable bonds is 8. The summed E-state index contributed by atoms with van der Waals surface area (Å²) < 4.78 is 5.23. The van der Waals surface area contributed by atoms with Crippen LogP contribution in [0.1, 0.15) is 38.7 Å². The Morgan fingerprint density at radius 3 is 2.57 bits per heavy atom. The number of anilines is 1. The van der Waals surface area contributed by atoms with E-state index in [0.717, 1.165) is 24.8 Å². The van der Waals surface area contributed by atoms with Gasteiger partial charge in [0, 0.05) is 24.6 Å². The van der Waals surface area contributed by atoms with Crippen molar-refractivity contribution in [1.29, 1.82) is 0 Å². The Hall–Kier alpha value is -1.75. The van der Waals surface area contributed by atoms with E-state index in [1.807, 2.05) is 6.92 Å². The maximum absolute atomic E-state index is 12.2. The number of aryl methyl sites for hydroxylation is 1. The zero-order valence-corrected chi connectivity index (χ0v) is 15.0. The summed E-state index contributed by atoms with van der Waals surface area (Å²) in [6.45, 7) is 6.05. The molecule has 0 fully saturated rings. The van der Waals surface area contributed by atoms with Gasteiger partial charge >= 0.3 is 0 Å². The third-order valence-corrected chi connectivity index (χ3v) is 3.97. The Labute approximate surface area is 142 Å². The summed E-state index contributed by atoms with van der Waals surface area (Å²) in [5.74, 6) is 0.140. The number of methoxy groups -OCH3 is 1. The van der Waals surface area contributed by atoms with Crippen LogP contribution in [0, 0.1) is 6.92 Å². The number of nitrogens with zero attached hydrogens (tertiary/aromatic N) is 1. The fraction of sp³-hybridized carbons (Fsp3) is 0.529. The van der Waals surface area contributed by atoms with Crippen LogP contribution in [0.15, 0.2) is 12.1 Å². The number of halogens is 1. The van der Waals surface area contributed by atoms with E-state index >= 15 is 0 Å². The minimum atomic E-state index is -0.253. The Balaban J connectivity index is 2.74. The predicted octanol–water partition coefficient (Wildman–Crippen LogP) is 3.63. The first-order valence-corrected chi connectivity index (χ1v) is 8.16. The highest BCUT2D eigenvalue weighted by Crippen LogP contribution is 2.30. The van der Waals surface area contributed by atoms with Crippen LogP contribution < -0.4 is 10.1 Å². The van der Waals surface area contributed by atoms with Crippen molar-refractivity contribution < 1.29 is 14.3 Å². The number of hydrogen-bond acceptors (Lipinski definition) is 3. The van der Waals surface area contributed by atoms with Crippen molar-refractivity contribution in [2.75, 3.05) is 25.5 Å². The molecule has 0 unspecified atom stereocenters. The van der Waals surface area contributed by atoms with Crippen LogP contribution in [0.2, 0.25) is 5.02 Å². The fourth-order valence-electron chi connectivity index (χ4n) is 2.19. The van der Waals surface area contributed by atoms with E-state index in [1.165, 1.54) is 14.0 Å². The van der Waals surface area contributed by atoms with E-state index in [4.69, 9.17) is 16.3 Å². The highest BCUT2D eigenvalue weighted by atomic mass is 35.5. The summed E-state index contributed by atoms with van der Waals surface area (Å²) in [5, 5.41) is 3.36. The molecule has 0 aliphatic heterocycles. The molecule has 1 rings (SSSR count). The van der Waals surface area contributed by atoms with Crippen LogP contribution in [0.5, 0.6) is 5.75 Å². The van der Waals surface area contributed by atoms with Crippen molar-refractivity contribution in [2.24, 2.45) is 0 Å². The van der Waals surface area contributed by atoms with Crippen LogP contribution in [0.4, 0.5) is 5.69 Å².